The molecule has 1 rings (SSSR count). The number of hydrogen-bond acceptors (Lipinski definition) is 4. The SMILES string of the molecule is COCCN(Cc1cccc([N+](=O)[O-])c1Br)C(C)C. The van der Waals surface area contributed by atoms with Gasteiger partial charge in [-0.05, 0) is 35.3 Å². The monoisotopic (exact) mass is 330 g/mol. The highest BCUT2D eigenvalue weighted by atomic mass is 79.9. The van der Waals surface area contributed by atoms with Crippen LogP contribution in [0.1, 0.15) is 19.4 Å². The normalized spacial score (nSPS) is 11.3. The van der Waals surface area contributed by atoms with E-state index in [4.69, 9.17) is 4.74 Å². The fourth-order valence-corrected chi connectivity index (χ4v) is 2.31. The van der Waals surface area contributed by atoms with Gasteiger partial charge in [0, 0.05) is 32.3 Å². The second-order valence-electron chi connectivity index (χ2n) is 4.56. The van der Waals surface area contributed by atoms with Crippen LogP contribution in [0.3, 0.4) is 0 Å². The number of benzene rings is 1. The van der Waals surface area contributed by atoms with Crippen LogP contribution >= 0.6 is 15.9 Å². The molecule has 0 radical (unpaired) electrons. The average Bonchev–Trinajstić information content (AvgIpc) is 2.35. The van der Waals surface area contributed by atoms with E-state index in [9.17, 15) is 10.1 Å². The van der Waals surface area contributed by atoms with E-state index in [2.05, 4.69) is 34.7 Å². The first-order chi connectivity index (χ1) is 8.97. The van der Waals surface area contributed by atoms with Gasteiger partial charge in [0.05, 0.1) is 16.0 Å². The van der Waals surface area contributed by atoms with Crippen molar-refractivity contribution in [2.45, 2.75) is 26.4 Å². The van der Waals surface area contributed by atoms with E-state index in [-0.39, 0.29) is 10.6 Å². The molecule has 5 nitrogen and oxygen atoms in total. The molecule has 0 saturated heterocycles. The minimum absolute atomic E-state index is 0.105. The molecular formula is C13H19BrN2O3. The smallest absolute Gasteiger partial charge is 0.283 e. The summed E-state index contributed by atoms with van der Waals surface area (Å²) in [5.74, 6) is 0. The van der Waals surface area contributed by atoms with Crippen LogP contribution in [0.4, 0.5) is 5.69 Å². The lowest BCUT2D eigenvalue weighted by Crippen LogP contribution is -2.33. The van der Waals surface area contributed by atoms with Crippen molar-refractivity contribution in [2.24, 2.45) is 0 Å². The highest BCUT2D eigenvalue weighted by Gasteiger charge is 2.17. The summed E-state index contributed by atoms with van der Waals surface area (Å²) < 4.78 is 5.65. The van der Waals surface area contributed by atoms with Gasteiger partial charge in [-0.2, -0.15) is 0 Å². The predicted octanol–water partition coefficient (Wildman–Crippen LogP) is 3.21. The Bertz CT molecular complexity index is 438. The summed E-state index contributed by atoms with van der Waals surface area (Å²) in [7, 11) is 1.67. The molecule has 0 bridgehead atoms. The number of nitro groups is 1. The van der Waals surface area contributed by atoms with Gasteiger partial charge in [-0.1, -0.05) is 12.1 Å². The van der Waals surface area contributed by atoms with E-state index >= 15 is 0 Å². The fraction of sp³-hybridized carbons (Fsp3) is 0.538. The standard InChI is InChI=1S/C13H19BrN2O3/c1-10(2)15(7-8-19-3)9-11-5-4-6-12(13(11)14)16(17)18/h4-6,10H,7-9H2,1-3H3. The maximum absolute atomic E-state index is 10.9. The van der Waals surface area contributed by atoms with Gasteiger partial charge in [-0.25, -0.2) is 0 Å². The van der Waals surface area contributed by atoms with Gasteiger partial charge in [0.25, 0.3) is 5.69 Å². The Hall–Kier alpha value is -0.980. The predicted molar refractivity (Wildman–Crippen MR) is 78.2 cm³/mol. The van der Waals surface area contributed by atoms with Gasteiger partial charge in [0.1, 0.15) is 0 Å². The molecule has 106 valence electrons. The molecule has 0 aromatic heterocycles. The summed E-state index contributed by atoms with van der Waals surface area (Å²) in [6, 6.07) is 5.47. The van der Waals surface area contributed by atoms with Crippen LogP contribution in [-0.2, 0) is 11.3 Å². The molecule has 0 aliphatic rings. The molecule has 19 heavy (non-hydrogen) atoms. The van der Waals surface area contributed by atoms with Crippen molar-refractivity contribution in [3.8, 4) is 0 Å². The van der Waals surface area contributed by atoms with E-state index in [0.29, 0.717) is 23.7 Å². The largest absolute Gasteiger partial charge is 0.383 e. The molecule has 1 aromatic rings. The molecule has 6 heteroatoms. The zero-order valence-corrected chi connectivity index (χ0v) is 13.0. The van der Waals surface area contributed by atoms with E-state index in [1.54, 1.807) is 13.2 Å². The number of halogens is 1. The Morgan fingerprint density at radius 1 is 1.47 bits per heavy atom. The third-order valence-electron chi connectivity index (χ3n) is 2.94. The first-order valence-electron chi connectivity index (χ1n) is 6.12. The van der Waals surface area contributed by atoms with Crippen LogP contribution in [-0.4, -0.2) is 36.1 Å². The molecule has 1 aromatic carbocycles. The molecule has 0 aliphatic heterocycles. The number of ether oxygens (including phenoxy) is 1. The first-order valence-corrected chi connectivity index (χ1v) is 6.91. The third-order valence-corrected chi connectivity index (χ3v) is 3.86. The second kappa shape index (κ2) is 7.57. The van der Waals surface area contributed by atoms with Crippen molar-refractivity contribution in [2.75, 3.05) is 20.3 Å². The maximum atomic E-state index is 10.9. The minimum atomic E-state index is -0.373. The van der Waals surface area contributed by atoms with Gasteiger partial charge < -0.3 is 4.74 Å². The van der Waals surface area contributed by atoms with E-state index in [1.165, 1.54) is 6.07 Å². The van der Waals surface area contributed by atoms with Crippen LogP contribution in [0.5, 0.6) is 0 Å². The lowest BCUT2D eigenvalue weighted by molar-refractivity contribution is -0.385. The van der Waals surface area contributed by atoms with Gasteiger partial charge in [-0.3, -0.25) is 15.0 Å². The highest BCUT2D eigenvalue weighted by molar-refractivity contribution is 9.10. The number of nitro benzene ring substituents is 1. The van der Waals surface area contributed by atoms with Crippen molar-refractivity contribution < 1.29 is 9.66 Å². The van der Waals surface area contributed by atoms with Crippen LogP contribution in [0.25, 0.3) is 0 Å². The van der Waals surface area contributed by atoms with Gasteiger partial charge >= 0.3 is 0 Å². The zero-order valence-electron chi connectivity index (χ0n) is 11.4. The van der Waals surface area contributed by atoms with E-state index in [1.807, 2.05) is 6.07 Å². The molecular weight excluding hydrogens is 312 g/mol. The third kappa shape index (κ3) is 4.56. The van der Waals surface area contributed by atoms with Crippen LogP contribution < -0.4 is 0 Å². The molecule has 0 spiro atoms. The van der Waals surface area contributed by atoms with E-state index in [0.717, 1.165) is 12.1 Å². The topological polar surface area (TPSA) is 55.6 Å². The lowest BCUT2D eigenvalue weighted by atomic mass is 10.1. The zero-order chi connectivity index (χ0) is 14.4. The summed E-state index contributed by atoms with van der Waals surface area (Å²) >= 11 is 3.33. The van der Waals surface area contributed by atoms with Gasteiger partial charge in [-0.15, -0.1) is 0 Å². The minimum Gasteiger partial charge on any atom is -0.383 e. The average molecular weight is 331 g/mol. The summed E-state index contributed by atoms with van der Waals surface area (Å²) in [5.41, 5.74) is 1.02. The molecule has 0 amide bonds. The lowest BCUT2D eigenvalue weighted by Gasteiger charge is -2.26. The highest BCUT2D eigenvalue weighted by Crippen LogP contribution is 2.29. The Balaban J connectivity index is 2.90. The first kappa shape index (κ1) is 16.1. The van der Waals surface area contributed by atoms with Crippen LogP contribution in [0.2, 0.25) is 0 Å². The van der Waals surface area contributed by atoms with Crippen molar-refractivity contribution >= 4 is 21.6 Å². The van der Waals surface area contributed by atoms with Gasteiger partial charge in [0.15, 0.2) is 0 Å². The number of methoxy groups -OCH3 is 1. The fourth-order valence-electron chi connectivity index (χ4n) is 1.78. The number of nitrogens with zero attached hydrogens (tertiary/aromatic N) is 2. The summed E-state index contributed by atoms with van der Waals surface area (Å²) in [6.07, 6.45) is 0. The van der Waals surface area contributed by atoms with Crippen molar-refractivity contribution in [3.05, 3.63) is 38.3 Å². The summed E-state index contributed by atoms with van der Waals surface area (Å²) in [6.45, 7) is 6.29. The molecule has 0 atom stereocenters. The van der Waals surface area contributed by atoms with Crippen molar-refractivity contribution in [1.82, 2.24) is 4.90 Å². The van der Waals surface area contributed by atoms with Crippen molar-refractivity contribution in [3.63, 3.8) is 0 Å². The quantitative estimate of drug-likeness (QED) is 0.569. The molecule has 0 fully saturated rings. The van der Waals surface area contributed by atoms with Crippen molar-refractivity contribution in [1.29, 1.82) is 0 Å². The summed E-state index contributed by atoms with van der Waals surface area (Å²) in [5, 5.41) is 10.9. The van der Waals surface area contributed by atoms with Crippen LogP contribution in [0, 0.1) is 10.1 Å². The number of rotatable bonds is 7. The molecule has 0 aliphatic carbocycles. The molecule has 0 heterocycles. The van der Waals surface area contributed by atoms with Crippen LogP contribution in [0.15, 0.2) is 22.7 Å². The summed E-state index contributed by atoms with van der Waals surface area (Å²) in [4.78, 5) is 12.8. The Kier molecular flexibility index (Phi) is 6.41. The Morgan fingerprint density at radius 2 is 2.16 bits per heavy atom. The molecule has 0 N–H and O–H groups in total. The van der Waals surface area contributed by atoms with Gasteiger partial charge in [0.2, 0.25) is 0 Å². The van der Waals surface area contributed by atoms with E-state index < -0.39 is 0 Å². The molecule has 0 unspecified atom stereocenters. The number of hydrogen-bond donors (Lipinski definition) is 0. The second-order valence-corrected chi connectivity index (χ2v) is 5.36. The Morgan fingerprint density at radius 3 is 2.68 bits per heavy atom. The Labute approximate surface area is 121 Å². The molecule has 0 saturated carbocycles. The maximum Gasteiger partial charge on any atom is 0.283 e.